The van der Waals surface area contributed by atoms with E-state index in [2.05, 4.69) is 55.6 Å². The lowest BCUT2D eigenvalue weighted by Gasteiger charge is -2.22. The van der Waals surface area contributed by atoms with E-state index in [1.165, 1.54) is 199 Å². The van der Waals surface area contributed by atoms with E-state index in [0.29, 0.717) is 25.9 Å². The van der Waals surface area contributed by atoms with Crippen molar-refractivity contribution in [2.45, 2.75) is 309 Å². The molecule has 376 valence electrons. The summed E-state index contributed by atoms with van der Waals surface area (Å²) in [6.45, 7) is 4.91. The van der Waals surface area contributed by atoms with Crippen LogP contribution in [0.4, 0.5) is 0 Å². The van der Waals surface area contributed by atoms with Crippen molar-refractivity contribution in [3.8, 4) is 0 Å². The largest absolute Gasteiger partial charge is 0.466 e. The fourth-order valence-corrected chi connectivity index (χ4v) is 8.55. The first-order valence-electron chi connectivity index (χ1n) is 28.2. The highest BCUT2D eigenvalue weighted by Crippen LogP contribution is 2.16. The molecule has 0 saturated carbocycles. The van der Waals surface area contributed by atoms with E-state index in [4.69, 9.17) is 4.74 Å². The van der Waals surface area contributed by atoms with Crippen LogP contribution in [-0.4, -0.2) is 47.4 Å². The van der Waals surface area contributed by atoms with Crippen LogP contribution < -0.4 is 5.32 Å². The van der Waals surface area contributed by atoms with Gasteiger partial charge in [-0.05, 0) is 83.5 Å². The van der Waals surface area contributed by atoms with Crippen LogP contribution in [0.1, 0.15) is 296 Å². The number of ether oxygens (including phenoxy) is 1. The molecule has 0 aromatic heterocycles. The zero-order valence-electron chi connectivity index (χ0n) is 42.8. The van der Waals surface area contributed by atoms with E-state index in [1.54, 1.807) is 0 Å². The van der Waals surface area contributed by atoms with Gasteiger partial charge in [-0.15, -0.1) is 0 Å². The number of unbranched alkanes of at least 4 members (excludes halogenated alkanes) is 35. The minimum Gasteiger partial charge on any atom is -0.466 e. The average Bonchev–Trinajstić information content (AvgIpc) is 3.29. The third kappa shape index (κ3) is 49.5. The van der Waals surface area contributed by atoms with Crippen molar-refractivity contribution in [2.24, 2.45) is 0 Å². The Morgan fingerprint density at radius 3 is 1.22 bits per heavy atom. The number of allylic oxidation sites excluding steroid dienone is 6. The first-order chi connectivity index (χ1) is 31.5. The lowest BCUT2D eigenvalue weighted by atomic mass is 10.0. The van der Waals surface area contributed by atoms with Crippen molar-refractivity contribution < 1.29 is 24.5 Å². The molecule has 0 saturated heterocycles. The quantitative estimate of drug-likeness (QED) is 0.0321. The van der Waals surface area contributed by atoms with Crippen LogP contribution in [0.25, 0.3) is 0 Å². The summed E-state index contributed by atoms with van der Waals surface area (Å²) >= 11 is 0. The van der Waals surface area contributed by atoms with Crippen molar-refractivity contribution in [3.63, 3.8) is 0 Å². The van der Waals surface area contributed by atoms with Gasteiger partial charge in [-0.1, -0.05) is 237 Å². The third-order valence-corrected chi connectivity index (χ3v) is 12.9. The summed E-state index contributed by atoms with van der Waals surface area (Å²) < 4.78 is 5.47. The molecule has 0 aliphatic rings. The van der Waals surface area contributed by atoms with E-state index in [9.17, 15) is 19.8 Å². The average molecular weight is 901 g/mol. The molecule has 64 heavy (non-hydrogen) atoms. The summed E-state index contributed by atoms with van der Waals surface area (Å²) in [5.74, 6) is -0.0575. The molecule has 6 nitrogen and oxygen atoms in total. The summed E-state index contributed by atoms with van der Waals surface area (Å²) in [5, 5.41) is 23.2. The molecule has 6 heteroatoms. The van der Waals surface area contributed by atoms with Gasteiger partial charge in [-0.2, -0.15) is 0 Å². The van der Waals surface area contributed by atoms with Gasteiger partial charge in [0, 0.05) is 12.8 Å². The first kappa shape index (κ1) is 62.1. The van der Waals surface area contributed by atoms with Gasteiger partial charge in [-0.25, -0.2) is 0 Å². The molecule has 0 aliphatic carbocycles. The van der Waals surface area contributed by atoms with Gasteiger partial charge in [0.25, 0.3) is 0 Å². The molecule has 2 atom stereocenters. The van der Waals surface area contributed by atoms with E-state index in [-0.39, 0.29) is 18.5 Å². The highest BCUT2D eigenvalue weighted by atomic mass is 16.5. The molecule has 3 N–H and O–H groups in total. The monoisotopic (exact) mass is 900 g/mol. The van der Waals surface area contributed by atoms with Gasteiger partial charge in [0.1, 0.15) is 0 Å². The fraction of sp³-hybridized carbons (Fsp3) is 0.862. The van der Waals surface area contributed by atoms with Crippen LogP contribution >= 0.6 is 0 Å². The van der Waals surface area contributed by atoms with Gasteiger partial charge < -0.3 is 20.3 Å². The summed E-state index contributed by atoms with van der Waals surface area (Å²) in [6.07, 6.45) is 65.5. The number of rotatable bonds is 52. The van der Waals surface area contributed by atoms with Crippen molar-refractivity contribution in [3.05, 3.63) is 36.5 Å². The van der Waals surface area contributed by atoms with Crippen molar-refractivity contribution in [1.82, 2.24) is 5.32 Å². The standard InChI is InChI=1S/C58H109NO5/c1-3-5-7-9-11-13-15-17-18-19-22-25-28-32-36-40-44-48-52-58(63)64-53-49-45-41-37-33-29-26-23-20-21-24-27-31-35-39-43-47-51-57(62)59-55(54-60)56(61)50-46-42-38-34-30-16-14-12-10-8-6-4-2/h13,15,18-20,23,55-56,60-61H,3-12,14,16-17,21-22,24-54H2,1-2H3,(H,59,62)/b15-13-,19-18-,23-20-. The molecule has 0 fully saturated rings. The van der Waals surface area contributed by atoms with Crippen LogP contribution in [0.2, 0.25) is 0 Å². The number of nitrogens with one attached hydrogen (secondary N) is 1. The Hall–Kier alpha value is -1.92. The van der Waals surface area contributed by atoms with Crippen molar-refractivity contribution >= 4 is 11.9 Å². The second kappa shape index (κ2) is 53.7. The minimum absolute atomic E-state index is 0.00942. The van der Waals surface area contributed by atoms with Crippen LogP contribution in [-0.2, 0) is 14.3 Å². The Labute approximate surface area is 398 Å². The maximum absolute atomic E-state index is 12.4. The molecule has 2 unspecified atom stereocenters. The van der Waals surface area contributed by atoms with Crippen LogP contribution in [0.5, 0.6) is 0 Å². The number of esters is 1. The van der Waals surface area contributed by atoms with Gasteiger partial charge in [0.15, 0.2) is 0 Å². The Balaban J connectivity index is 3.45. The normalized spacial score (nSPS) is 12.9. The second-order valence-electron chi connectivity index (χ2n) is 19.3. The van der Waals surface area contributed by atoms with E-state index >= 15 is 0 Å². The number of amides is 1. The predicted octanol–water partition coefficient (Wildman–Crippen LogP) is 17.2. The minimum atomic E-state index is -0.671. The molecule has 0 rings (SSSR count). The summed E-state index contributed by atoms with van der Waals surface area (Å²) in [5.41, 5.74) is 0. The Morgan fingerprint density at radius 1 is 0.438 bits per heavy atom. The molecular formula is C58H109NO5. The third-order valence-electron chi connectivity index (χ3n) is 12.9. The molecule has 0 radical (unpaired) electrons. The first-order valence-corrected chi connectivity index (χ1v) is 28.2. The van der Waals surface area contributed by atoms with Crippen LogP contribution in [0, 0.1) is 0 Å². The SMILES string of the molecule is CCCCCC/C=C\C/C=C\CCCCCCCCCC(=O)OCCCCCCCC/C=C\CCCCCCCCCC(=O)NC(CO)C(O)CCCCCCCCCCCCCC. The molecule has 1 amide bonds. The van der Waals surface area contributed by atoms with E-state index in [0.717, 1.165) is 64.2 Å². The molecule has 0 bridgehead atoms. The zero-order valence-corrected chi connectivity index (χ0v) is 42.8. The number of aliphatic hydroxyl groups is 2. The number of aliphatic hydroxyl groups excluding tert-OH is 2. The number of carbonyl (C=O) groups excluding carboxylic acids is 2. The van der Waals surface area contributed by atoms with Crippen LogP contribution in [0.15, 0.2) is 36.5 Å². The van der Waals surface area contributed by atoms with E-state index < -0.39 is 12.1 Å². The maximum atomic E-state index is 12.4. The lowest BCUT2D eigenvalue weighted by molar-refractivity contribution is -0.143. The molecule has 0 aromatic carbocycles. The Bertz CT molecular complexity index is 1040. The molecule has 0 aromatic rings. The summed E-state index contributed by atoms with van der Waals surface area (Å²) in [6, 6.07) is -0.550. The molecule has 0 heterocycles. The highest BCUT2D eigenvalue weighted by Gasteiger charge is 2.20. The second-order valence-corrected chi connectivity index (χ2v) is 19.3. The highest BCUT2D eigenvalue weighted by molar-refractivity contribution is 5.76. The van der Waals surface area contributed by atoms with Crippen LogP contribution in [0.3, 0.4) is 0 Å². The number of hydrogen-bond acceptors (Lipinski definition) is 5. The van der Waals surface area contributed by atoms with E-state index in [1.807, 2.05) is 0 Å². The zero-order chi connectivity index (χ0) is 46.5. The predicted molar refractivity (Wildman–Crippen MR) is 278 cm³/mol. The smallest absolute Gasteiger partial charge is 0.305 e. The molecule has 0 aliphatic heterocycles. The number of carbonyl (C=O) groups is 2. The Kier molecular flexibility index (Phi) is 52.1. The molecular weight excluding hydrogens is 791 g/mol. The lowest BCUT2D eigenvalue weighted by Crippen LogP contribution is -2.45. The fourth-order valence-electron chi connectivity index (χ4n) is 8.55. The maximum Gasteiger partial charge on any atom is 0.305 e. The van der Waals surface area contributed by atoms with Crippen molar-refractivity contribution in [2.75, 3.05) is 13.2 Å². The topological polar surface area (TPSA) is 95.9 Å². The summed E-state index contributed by atoms with van der Waals surface area (Å²) in [7, 11) is 0. The van der Waals surface area contributed by atoms with Crippen molar-refractivity contribution in [1.29, 1.82) is 0 Å². The summed E-state index contributed by atoms with van der Waals surface area (Å²) in [4.78, 5) is 24.5. The number of hydrogen-bond donors (Lipinski definition) is 3. The van der Waals surface area contributed by atoms with Gasteiger partial charge in [0.2, 0.25) is 5.91 Å². The molecule has 0 spiro atoms. The Morgan fingerprint density at radius 2 is 0.781 bits per heavy atom. The van der Waals surface area contributed by atoms with Gasteiger partial charge >= 0.3 is 5.97 Å². The van der Waals surface area contributed by atoms with Gasteiger partial charge in [-0.3, -0.25) is 9.59 Å². The van der Waals surface area contributed by atoms with Gasteiger partial charge in [0.05, 0.1) is 25.4 Å².